The number of rotatable bonds is 8. The average molecular weight is 215 g/mol. The predicted molar refractivity (Wildman–Crippen MR) is 62.9 cm³/mol. The number of unbranched alkanes of at least 4 members (excludes halogenated alkanes) is 1. The molecule has 90 valence electrons. The summed E-state index contributed by atoms with van der Waals surface area (Å²) in [7, 11) is 0. The van der Waals surface area contributed by atoms with Crippen LogP contribution < -0.4 is 0 Å². The highest BCUT2D eigenvalue weighted by Gasteiger charge is 2.21. The van der Waals surface area contributed by atoms with Crippen LogP contribution in [0.3, 0.4) is 0 Å². The second-order valence-corrected chi connectivity index (χ2v) is 5.04. The lowest BCUT2D eigenvalue weighted by Crippen LogP contribution is -2.39. The lowest BCUT2D eigenvalue weighted by molar-refractivity contribution is -0.115. The van der Waals surface area contributed by atoms with Gasteiger partial charge in [-0.25, -0.2) is 0 Å². The molecule has 0 aliphatic rings. The number of carbonyl (C=O) groups excluding carboxylic acids is 1. The van der Waals surface area contributed by atoms with Gasteiger partial charge in [0.25, 0.3) is 0 Å². The van der Waals surface area contributed by atoms with E-state index >= 15 is 0 Å². The Kier molecular flexibility index (Phi) is 6.77. The molecule has 1 N–H and O–H groups in total. The number of nitrogens with zero attached hydrogens (tertiary/aromatic N) is 1. The summed E-state index contributed by atoms with van der Waals surface area (Å²) in [5.74, 6) is 0. The third-order valence-corrected chi connectivity index (χ3v) is 2.30. The van der Waals surface area contributed by atoms with Crippen LogP contribution in [0.25, 0.3) is 0 Å². The number of hydrogen-bond acceptors (Lipinski definition) is 3. The normalized spacial score (nSPS) is 14.3. The molecule has 0 rings (SSSR count). The molecule has 0 fully saturated rings. The largest absolute Gasteiger partial charge is 0.392 e. The summed E-state index contributed by atoms with van der Waals surface area (Å²) in [6.07, 6.45) is 2.91. The van der Waals surface area contributed by atoms with Crippen molar-refractivity contribution >= 4 is 6.29 Å². The van der Waals surface area contributed by atoms with Crippen LogP contribution in [0, 0.1) is 5.41 Å². The second kappa shape index (κ2) is 6.96. The molecule has 0 bridgehead atoms. The molecule has 1 unspecified atom stereocenters. The van der Waals surface area contributed by atoms with Gasteiger partial charge < -0.3 is 9.90 Å². The molecule has 0 amide bonds. The van der Waals surface area contributed by atoms with Crippen LogP contribution in [-0.2, 0) is 4.79 Å². The van der Waals surface area contributed by atoms with E-state index in [1.165, 1.54) is 0 Å². The first kappa shape index (κ1) is 14.6. The first-order valence-corrected chi connectivity index (χ1v) is 5.78. The van der Waals surface area contributed by atoms with Crippen LogP contribution in [0.5, 0.6) is 0 Å². The topological polar surface area (TPSA) is 40.5 Å². The second-order valence-electron chi connectivity index (χ2n) is 5.04. The van der Waals surface area contributed by atoms with E-state index in [2.05, 4.69) is 11.8 Å². The summed E-state index contributed by atoms with van der Waals surface area (Å²) in [4.78, 5) is 13.0. The van der Waals surface area contributed by atoms with E-state index in [4.69, 9.17) is 0 Å². The van der Waals surface area contributed by atoms with Crippen LogP contribution in [0.15, 0.2) is 0 Å². The minimum atomic E-state index is -0.329. The SMILES string of the molecule is CCCCN(CC(C)O)CC(C)(C)C=O. The Morgan fingerprint density at radius 2 is 2.07 bits per heavy atom. The molecule has 0 aromatic carbocycles. The van der Waals surface area contributed by atoms with E-state index in [-0.39, 0.29) is 11.5 Å². The van der Waals surface area contributed by atoms with E-state index < -0.39 is 0 Å². The Labute approximate surface area is 93.5 Å². The first-order chi connectivity index (χ1) is 6.91. The van der Waals surface area contributed by atoms with Gasteiger partial charge in [-0.05, 0) is 19.9 Å². The predicted octanol–water partition coefficient (Wildman–Crippen LogP) is 1.69. The summed E-state index contributed by atoms with van der Waals surface area (Å²) in [6.45, 7) is 10.1. The zero-order chi connectivity index (χ0) is 11.9. The van der Waals surface area contributed by atoms with Crippen LogP contribution in [-0.4, -0.2) is 42.0 Å². The maximum absolute atomic E-state index is 10.8. The van der Waals surface area contributed by atoms with Crippen molar-refractivity contribution in [2.45, 2.75) is 46.6 Å². The third-order valence-electron chi connectivity index (χ3n) is 2.30. The quantitative estimate of drug-likeness (QED) is 0.626. The highest BCUT2D eigenvalue weighted by molar-refractivity contribution is 5.58. The van der Waals surface area contributed by atoms with Crippen LogP contribution in [0.4, 0.5) is 0 Å². The van der Waals surface area contributed by atoms with Crippen molar-refractivity contribution in [1.82, 2.24) is 4.90 Å². The van der Waals surface area contributed by atoms with Gasteiger partial charge in [0.05, 0.1) is 6.10 Å². The van der Waals surface area contributed by atoms with Crippen LogP contribution in [0.2, 0.25) is 0 Å². The van der Waals surface area contributed by atoms with E-state index in [9.17, 15) is 9.90 Å². The molecule has 0 aromatic heterocycles. The van der Waals surface area contributed by atoms with Gasteiger partial charge in [-0.2, -0.15) is 0 Å². The summed E-state index contributed by atoms with van der Waals surface area (Å²) in [6, 6.07) is 0. The standard InChI is InChI=1S/C12H25NO2/c1-5-6-7-13(8-11(2)15)9-12(3,4)10-14/h10-11,15H,5-9H2,1-4H3. The minimum Gasteiger partial charge on any atom is -0.392 e. The molecule has 1 atom stereocenters. The van der Waals surface area contributed by atoms with Gasteiger partial charge in [-0.15, -0.1) is 0 Å². The number of hydrogen-bond donors (Lipinski definition) is 1. The van der Waals surface area contributed by atoms with Gasteiger partial charge in [0.15, 0.2) is 0 Å². The number of carbonyl (C=O) groups is 1. The molecular formula is C12H25NO2. The van der Waals surface area contributed by atoms with Crippen molar-refractivity contribution in [3.63, 3.8) is 0 Å². The molecule has 0 saturated carbocycles. The van der Waals surface area contributed by atoms with E-state index in [1.807, 2.05) is 13.8 Å². The molecule has 0 saturated heterocycles. The lowest BCUT2D eigenvalue weighted by atomic mass is 9.95. The summed E-state index contributed by atoms with van der Waals surface area (Å²) >= 11 is 0. The number of aliphatic hydroxyl groups is 1. The van der Waals surface area contributed by atoms with Crippen molar-refractivity contribution in [1.29, 1.82) is 0 Å². The van der Waals surface area contributed by atoms with Gasteiger partial charge in [0.1, 0.15) is 6.29 Å². The highest BCUT2D eigenvalue weighted by Crippen LogP contribution is 2.14. The highest BCUT2D eigenvalue weighted by atomic mass is 16.3. The molecule has 0 aliphatic heterocycles. The van der Waals surface area contributed by atoms with E-state index in [0.717, 1.165) is 32.2 Å². The van der Waals surface area contributed by atoms with Crippen LogP contribution >= 0.6 is 0 Å². The molecule has 0 aliphatic carbocycles. The third kappa shape index (κ3) is 7.51. The van der Waals surface area contributed by atoms with Gasteiger partial charge in [0.2, 0.25) is 0 Å². The Morgan fingerprint density at radius 3 is 2.47 bits per heavy atom. The Balaban J connectivity index is 4.16. The molecule has 3 heteroatoms. The summed E-state index contributed by atoms with van der Waals surface area (Å²) < 4.78 is 0. The Bertz CT molecular complexity index is 178. The molecule has 0 heterocycles. The van der Waals surface area contributed by atoms with Crippen molar-refractivity contribution in [3.05, 3.63) is 0 Å². The molecule has 0 spiro atoms. The fourth-order valence-electron chi connectivity index (χ4n) is 1.60. The average Bonchev–Trinajstić information content (AvgIpc) is 2.13. The lowest BCUT2D eigenvalue weighted by Gasteiger charge is -2.29. The molecule has 15 heavy (non-hydrogen) atoms. The van der Waals surface area contributed by atoms with Crippen LogP contribution in [0.1, 0.15) is 40.5 Å². The number of aliphatic hydroxyl groups excluding tert-OH is 1. The number of aldehydes is 1. The van der Waals surface area contributed by atoms with Gasteiger partial charge in [0, 0.05) is 18.5 Å². The van der Waals surface area contributed by atoms with Crippen molar-refractivity contribution in [2.75, 3.05) is 19.6 Å². The Hall–Kier alpha value is -0.410. The van der Waals surface area contributed by atoms with Gasteiger partial charge >= 0.3 is 0 Å². The zero-order valence-electron chi connectivity index (χ0n) is 10.5. The molecule has 0 radical (unpaired) electrons. The first-order valence-electron chi connectivity index (χ1n) is 5.78. The van der Waals surface area contributed by atoms with Crippen molar-refractivity contribution in [2.24, 2.45) is 5.41 Å². The monoisotopic (exact) mass is 215 g/mol. The fraction of sp³-hybridized carbons (Fsp3) is 0.917. The molecular weight excluding hydrogens is 190 g/mol. The zero-order valence-corrected chi connectivity index (χ0v) is 10.5. The fourth-order valence-corrected chi connectivity index (χ4v) is 1.60. The molecule has 3 nitrogen and oxygen atoms in total. The van der Waals surface area contributed by atoms with E-state index in [0.29, 0.717) is 6.54 Å². The smallest absolute Gasteiger partial charge is 0.126 e. The molecule has 0 aromatic rings. The summed E-state index contributed by atoms with van der Waals surface area (Å²) in [5, 5.41) is 9.36. The van der Waals surface area contributed by atoms with Gasteiger partial charge in [-0.3, -0.25) is 4.90 Å². The van der Waals surface area contributed by atoms with Gasteiger partial charge in [-0.1, -0.05) is 27.2 Å². The van der Waals surface area contributed by atoms with E-state index in [1.54, 1.807) is 6.92 Å². The maximum atomic E-state index is 10.8. The maximum Gasteiger partial charge on any atom is 0.126 e. The van der Waals surface area contributed by atoms with Crippen molar-refractivity contribution in [3.8, 4) is 0 Å². The van der Waals surface area contributed by atoms with Crippen molar-refractivity contribution < 1.29 is 9.90 Å². The minimum absolute atomic E-state index is 0.317. The summed E-state index contributed by atoms with van der Waals surface area (Å²) in [5.41, 5.74) is -0.317. The Morgan fingerprint density at radius 1 is 1.47 bits per heavy atom.